The Labute approximate surface area is 99.2 Å². The van der Waals surface area contributed by atoms with Crippen LogP contribution in [-0.2, 0) is 19.0 Å². The molecule has 0 aliphatic rings. The highest BCUT2D eigenvalue weighted by Gasteiger charge is 2.23. The summed E-state index contributed by atoms with van der Waals surface area (Å²) >= 11 is 0. The average Bonchev–Trinajstić information content (AvgIpc) is 2.63. The monoisotopic (exact) mass is 234 g/mol. The van der Waals surface area contributed by atoms with E-state index in [0.29, 0.717) is 6.42 Å². The molecule has 0 saturated carbocycles. The Morgan fingerprint density at radius 2 is 2.24 bits per heavy atom. The largest absolute Gasteiger partial charge is 0.321 e. The van der Waals surface area contributed by atoms with Crippen LogP contribution in [0.5, 0.6) is 0 Å². The molecule has 0 saturated heterocycles. The molecule has 4 nitrogen and oxygen atoms in total. The van der Waals surface area contributed by atoms with Crippen LogP contribution in [0.3, 0.4) is 0 Å². The fourth-order valence-electron chi connectivity index (χ4n) is 1.80. The highest BCUT2D eigenvalue weighted by atomic mass is 19.1. The van der Waals surface area contributed by atoms with Gasteiger partial charge in [-0.05, 0) is 24.6 Å². The second-order valence-electron chi connectivity index (χ2n) is 4.49. The minimum Gasteiger partial charge on any atom is -0.321 e. The first-order valence-electron chi connectivity index (χ1n) is 5.37. The molecule has 90 valence electrons. The molecule has 17 heavy (non-hydrogen) atoms. The maximum absolute atomic E-state index is 13.2. The van der Waals surface area contributed by atoms with Gasteiger partial charge in [-0.2, -0.15) is 0 Å². The highest BCUT2D eigenvalue weighted by Crippen LogP contribution is 2.22. The van der Waals surface area contributed by atoms with Gasteiger partial charge >= 0.3 is 0 Å². The van der Waals surface area contributed by atoms with Gasteiger partial charge in [0.1, 0.15) is 5.82 Å². The summed E-state index contributed by atoms with van der Waals surface area (Å²) < 4.78 is 14.8. The second kappa shape index (κ2) is 4.25. The molecular formula is C12H15FN4. The lowest BCUT2D eigenvalue weighted by molar-refractivity contribution is 0.480. The van der Waals surface area contributed by atoms with E-state index < -0.39 is 5.54 Å². The Morgan fingerprint density at radius 1 is 1.47 bits per heavy atom. The summed E-state index contributed by atoms with van der Waals surface area (Å²) in [5.74, 6) is -0.279. The van der Waals surface area contributed by atoms with Crippen molar-refractivity contribution >= 4 is 0 Å². The van der Waals surface area contributed by atoms with Gasteiger partial charge in [0.2, 0.25) is 0 Å². The van der Waals surface area contributed by atoms with Crippen molar-refractivity contribution in [2.24, 2.45) is 12.8 Å². The first kappa shape index (κ1) is 11.7. The number of nitrogens with zero attached hydrogens (tertiary/aromatic N) is 3. The summed E-state index contributed by atoms with van der Waals surface area (Å²) in [6.07, 6.45) is 2.33. The van der Waals surface area contributed by atoms with Crippen molar-refractivity contribution < 1.29 is 4.39 Å². The van der Waals surface area contributed by atoms with Crippen molar-refractivity contribution in [2.75, 3.05) is 0 Å². The first-order chi connectivity index (χ1) is 7.97. The minimum atomic E-state index is -0.655. The molecule has 5 heteroatoms. The van der Waals surface area contributed by atoms with Crippen LogP contribution in [0.1, 0.15) is 18.2 Å². The molecule has 0 aliphatic heterocycles. The van der Waals surface area contributed by atoms with E-state index in [2.05, 4.69) is 10.3 Å². The number of aromatic nitrogens is 3. The Morgan fingerprint density at radius 3 is 2.82 bits per heavy atom. The van der Waals surface area contributed by atoms with Crippen LogP contribution in [0.4, 0.5) is 4.39 Å². The Balaban J connectivity index is 2.24. The van der Waals surface area contributed by atoms with E-state index in [1.165, 1.54) is 12.1 Å². The lowest BCUT2D eigenvalue weighted by Crippen LogP contribution is -2.35. The highest BCUT2D eigenvalue weighted by molar-refractivity contribution is 5.25. The number of benzene rings is 1. The van der Waals surface area contributed by atoms with Gasteiger partial charge in [-0.1, -0.05) is 17.3 Å². The molecule has 0 spiro atoms. The van der Waals surface area contributed by atoms with Crippen LogP contribution in [0.25, 0.3) is 0 Å². The summed E-state index contributed by atoms with van der Waals surface area (Å²) in [6, 6.07) is 6.34. The maximum atomic E-state index is 13.2. The van der Waals surface area contributed by atoms with Gasteiger partial charge < -0.3 is 5.73 Å². The summed E-state index contributed by atoms with van der Waals surface area (Å²) in [7, 11) is 1.80. The van der Waals surface area contributed by atoms with E-state index in [-0.39, 0.29) is 5.82 Å². The Bertz CT molecular complexity index is 519. The van der Waals surface area contributed by atoms with E-state index in [0.717, 1.165) is 11.3 Å². The predicted molar refractivity (Wildman–Crippen MR) is 62.6 cm³/mol. The molecule has 2 N–H and O–H groups in total. The van der Waals surface area contributed by atoms with Gasteiger partial charge in [0, 0.05) is 25.2 Å². The van der Waals surface area contributed by atoms with E-state index >= 15 is 0 Å². The molecule has 0 radical (unpaired) electrons. The van der Waals surface area contributed by atoms with Crippen LogP contribution >= 0.6 is 0 Å². The molecule has 0 bridgehead atoms. The van der Waals surface area contributed by atoms with Crippen molar-refractivity contribution in [3.05, 3.63) is 47.5 Å². The minimum absolute atomic E-state index is 0.279. The van der Waals surface area contributed by atoms with Gasteiger partial charge in [-0.3, -0.25) is 4.68 Å². The van der Waals surface area contributed by atoms with Crippen molar-refractivity contribution in [3.8, 4) is 0 Å². The molecule has 1 unspecified atom stereocenters. The van der Waals surface area contributed by atoms with E-state index in [4.69, 9.17) is 5.73 Å². The van der Waals surface area contributed by atoms with Gasteiger partial charge in [0.25, 0.3) is 0 Å². The number of hydrogen-bond donors (Lipinski definition) is 1. The fraction of sp³-hybridized carbons (Fsp3) is 0.333. The molecule has 1 aromatic carbocycles. The third-order valence-electron chi connectivity index (χ3n) is 2.68. The third-order valence-corrected chi connectivity index (χ3v) is 2.68. The summed E-state index contributed by atoms with van der Waals surface area (Å²) in [4.78, 5) is 0. The molecule has 0 fully saturated rings. The van der Waals surface area contributed by atoms with Crippen LogP contribution in [-0.4, -0.2) is 15.0 Å². The zero-order valence-electron chi connectivity index (χ0n) is 9.89. The zero-order chi connectivity index (χ0) is 12.5. The summed E-state index contributed by atoms with van der Waals surface area (Å²) in [6.45, 7) is 1.86. The maximum Gasteiger partial charge on any atom is 0.123 e. The smallest absolute Gasteiger partial charge is 0.123 e. The standard InChI is InChI=1S/C12H15FN4/c1-12(14,7-11-8-17(2)16-15-11)9-4-3-5-10(13)6-9/h3-6,8H,7,14H2,1-2H3. The third kappa shape index (κ3) is 2.68. The molecule has 1 heterocycles. The summed E-state index contributed by atoms with van der Waals surface area (Å²) in [5.41, 5.74) is 7.10. The number of halogens is 1. The van der Waals surface area contributed by atoms with E-state index in [1.807, 2.05) is 19.2 Å². The van der Waals surface area contributed by atoms with Crippen LogP contribution in [0.2, 0.25) is 0 Å². The quantitative estimate of drug-likeness (QED) is 0.872. The number of rotatable bonds is 3. The first-order valence-corrected chi connectivity index (χ1v) is 5.37. The fourth-order valence-corrected chi connectivity index (χ4v) is 1.80. The predicted octanol–water partition coefficient (Wildman–Crippen LogP) is 1.37. The van der Waals surface area contributed by atoms with E-state index in [1.54, 1.807) is 17.8 Å². The van der Waals surface area contributed by atoms with Crippen LogP contribution in [0, 0.1) is 5.82 Å². The number of hydrogen-bond acceptors (Lipinski definition) is 3. The van der Waals surface area contributed by atoms with Crippen LogP contribution < -0.4 is 5.73 Å². The molecule has 0 amide bonds. The SMILES string of the molecule is Cn1cc(CC(C)(N)c2cccc(F)c2)nn1. The van der Waals surface area contributed by atoms with Crippen molar-refractivity contribution in [3.63, 3.8) is 0 Å². The topological polar surface area (TPSA) is 56.7 Å². The lowest BCUT2D eigenvalue weighted by atomic mass is 9.88. The van der Waals surface area contributed by atoms with Crippen molar-refractivity contribution in [1.82, 2.24) is 15.0 Å². The van der Waals surface area contributed by atoms with Gasteiger partial charge in [-0.15, -0.1) is 5.10 Å². The Kier molecular flexibility index (Phi) is 2.93. The number of nitrogens with two attached hydrogens (primary N) is 1. The molecule has 0 aliphatic carbocycles. The van der Waals surface area contributed by atoms with Crippen molar-refractivity contribution in [2.45, 2.75) is 18.9 Å². The second-order valence-corrected chi connectivity index (χ2v) is 4.49. The molecular weight excluding hydrogens is 219 g/mol. The number of aryl methyl sites for hydroxylation is 1. The molecule has 2 aromatic rings. The molecule has 2 rings (SSSR count). The summed E-state index contributed by atoms with van der Waals surface area (Å²) in [5, 5.41) is 7.84. The Hall–Kier alpha value is -1.75. The van der Waals surface area contributed by atoms with E-state index in [9.17, 15) is 4.39 Å². The van der Waals surface area contributed by atoms with Gasteiger partial charge in [-0.25, -0.2) is 4.39 Å². The molecule has 1 aromatic heterocycles. The van der Waals surface area contributed by atoms with Gasteiger partial charge in [0.15, 0.2) is 0 Å². The van der Waals surface area contributed by atoms with Crippen molar-refractivity contribution in [1.29, 1.82) is 0 Å². The zero-order valence-corrected chi connectivity index (χ0v) is 9.89. The molecule has 1 atom stereocenters. The van der Waals surface area contributed by atoms with Gasteiger partial charge in [0.05, 0.1) is 5.69 Å². The average molecular weight is 234 g/mol. The normalized spacial score (nSPS) is 14.6. The lowest BCUT2D eigenvalue weighted by Gasteiger charge is -2.24. The van der Waals surface area contributed by atoms with Crippen LogP contribution in [0.15, 0.2) is 30.5 Å².